The van der Waals surface area contributed by atoms with Gasteiger partial charge >= 0.3 is 0 Å². The number of ether oxygens (including phenoxy) is 2. The molecule has 2 aromatic carbocycles. The smallest absolute Gasteiger partial charge is 0.269 e. The molecule has 0 unspecified atom stereocenters. The van der Waals surface area contributed by atoms with Crippen LogP contribution in [-0.4, -0.2) is 18.1 Å². The minimum atomic E-state index is -0.415. The van der Waals surface area contributed by atoms with Crippen molar-refractivity contribution in [1.82, 2.24) is 0 Å². The Morgan fingerprint density at radius 2 is 1.33 bits per heavy atom. The zero-order chi connectivity index (χ0) is 14.9. The minimum absolute atomic E-state index is 0.0879. The Kier molecular flexibility index (Phi) is 5.87. The molecule has 0 radical (unpaired) electrons. The molecule has 0 aliphatic rings. The first-order valence-electron chi connectivity index (χ1n) is 6.68. The van der Waals surface area contributed by atoms with E-state index in [2.05, 4.69) is 0 Å². The summed E-state index contributed by atoms with van der Waals surface area (Å²) in [5.74, 6) is 0. The molecule has 0 bridgehead atoms. The Bertz CT molecular complexity index is 554. The van der Waals surface area contributed by atoms with E-state index in [1.165, 1.54) is 12.1 Å². The van der Waals surface area contributed by atoms with Crippen LogP contribution < -0.4 is 0 Å². The summed E-state index contributed by atoms with van der Waals surface area (Å²) in [5, 5.41) is 10.5. The summed E-state index contributed by atoms with van der Waals surface area (Å²) < 4.78 is 11.0. The van der Waals surface area contributed by atoms with Gasteiger partial charge in [0.1, 0.15) is 0 Å². The SMILES string of the molecule is O=[N+]([O-])c1ccc(COCCOCc2ccccc2)cc1. The summed E-state index contributed by atoms with van der Waals surface area (Å²) in [5.41, 5.74) is 2.13. The van der Waals surface area contributed by atoms with E-state index < -0.39 is 4.92 Å². The van der Waals surface area contributed by atoms with E-state index in [0.717, 1.165) is 11.1 Å². The van der Waals surface area contributed by atoms with Crippen molar-refractivity contribution in [3.63, 3.8) is 0 Å². The number of benzene rings is 2. The van der Waals surface area contributed by atoms with Crippen molar-refractivity contribution in [3.05, 3.63) is 75.8 Å². The molecule has 5 heteroatoms. The maximum absolute atomic E-state index is 10.5. The quantitative estimate of drug-likeness (QED) is 0.424. The van der Waals surface area contributed by atoms with Gasteiger partial charge in [0, 0.05) is 12.1 Å². The lowest BCUT2D eigenvalue weighted by molar-refractivity contribution is -0.384. The third kappa shape index (κ3) is 5.33. The van der Waals surface area contributed by atoms with Gasteiger partial charge in [-0.05, 0) is 23.3 Å². The predicted molar refractivity (Wildman–Crippen MR) is 78.9 cm³/mol. The molecule has 0 aliphatic heterocycles. The maximum Gasteiger partial charge on any atom is 0.269 e. The lowest BCUT2D eigenvalue weighted by atomic mass is 10.2. The van der Waals surface area contributed by atoms with Crippen molar-refractivity contribution in [2.75, 3.05) is 13.2 Å². The third-order valence-corrected chi connectivity index (χ3v) is 2.90. The summed E-state index contributed by atoms with van der Waals surface area (Å²) in [6.07, 6.45) is 0. The molecule has 0 saturated heterocycles. The lowest BCUT2D eigenvalue weighted by Crippen LogP contribution is -2.04. The van der Waals surface area contributed by atoms with Crippen LogP contribution in [0.2, 0.25) is 0 Å². The Labute approximate surface area is 123 Å². The normalized spacial score (nSPS) is 10.5. The van der Waals surface area contributed by atoms with E-state index in [4.69, 9.17) is 9.47 Å². The summed E-state index contributed by atoms with van der Waals surface area (Å²) in [6, 6.07) is 16.3. The van der Waals surface area contributed by atoms with E-state index in [0.29, 0.717) is 26.4 Å². The number of hydrogen-bond donors (Lipinski definition) is 0. The lowest BCUT2D eigenvalue weighted by Gasteiger charge is -2.06. The fourth-order valence-electron chi connectivity index (χ4n) is 1.79. The van der Waals surface area contributed by atoms with Crippen LogP contribution in [0.1, 0.15) is 11.1 Å². The molecule has 21 heavy (non-hydrogen) atoms. The zero-order valence-corrected chi connectivity index (χ0v) is 11.6. The van der Waals surface area contributed by atoms with Gasteiger partial charge in [-0.25, -0.2) is 0 Å². The van der Waals surface area contributed by atoms with Crippen molar-refractivity contribution in [2.24, 2.45) is 0 Å². The minimum Gasteiger partial charge on any atom is -0.374 e. The molecule has 2 rings (SSSR count). The first-order valence-corrected chi connectivity index (χ1v) is 6.68. The van der Waals surface area contributed by atoms with Crippen molar-refractivity contribution < 1.29 is 14.4 Å². The Morgan fingerprint density at radius 1 is 0.810 bits per heavy atom. The van der Waals surface area contributed by atoms with E-state index in [1.807, 2.05) is 30.3 Å². The first kappa shape index (κ1) is 15.2. The van der Waals surface area contributed by atoms with Gasteiger partial charge in [-0.15, -0.1) is 0 Å². The standard InChI is InChI=1S/C16H17NO4/c18-17(19)16-8-6-15(7-9-16)13-21-11-10-20-12-14-4-2-1-3-5-14/h1-9H,10-13H2. The van der Waals surface area contributed by atoms with Crippen LogP contribution >= 0.6 is 0 Å². The second-order valence-electron chi connectivity index (χ2n) is 4.51. The number of nitrogens with zero attached hydrogens (tertiary/aromatic N) is 1. The highest BCUT2D eigenvalue weighted by atomic mass is 16.6. The Hall–Kier alpha value is -2.24. The van der Waals surface area contributed by atoms with Crippen molar-refractivity contribution in [2.45, 2.75) is 13.2 Å². The summed E-state index contributed by atoms with van der Waals surface area (Å²) in [7, 11) is 0. The van der Waals surface area contributed by atoms with Crippen LogP contribution in [0.5, 0.6) is 0 Å². The molecule has 5 nitrogen and oxygen atoms in total. The van der Waals surface area contributed by atoms with Gasteiger partial charge in [0.25, 0.3) is 5.69 Å². The molecule has 0 aromatic heterocycles. The molecule has 0 saturated carbocycles. The van der Waals surface area contributed by atoms with E-state index in [-0.39, 0.29) is 5.69 Å². The van der Waals surface area contributed by atoms with Crippen LogP contribution in [0.15, 0.2) is 54.6 Å². The van der Waals surface area contributed by atoms with Crippen LogP contribution in [0, 0.1) is 10.1 Å². The molecule has 0 aliphatic carbocycles. The fourth-order valence-corrected chi connectivity index (χ4v) is 1.79. The second-order valence-corrected chi connectivity index (χ2v) is 4.51. The molecule has 0 N–H and O–H groups in total. The van der Waals surface area contributed by atoms with Crippen LogP contribution in [0.4, 0.5) is 5.69 Å². The molecular weight excluding hydrogens is 270 g/mol. The van der Waals surface area contributed by atoms with Crippen LogP contribution in [0.25, 0.3) is 0 Å². The molecule has 0 fully saturated rings. The average Bonchev–Trinajstić information content (AvgIpc) is 2.52. The van der Waals surface area contributed by atoms with Gasteiger partial charge in [0.2, 0.25) is 0 Å². The van der Waals surface area contributed by atoms with Gasteiger partial charge in [0.15, 0.2) is 0 Å². The van der Waals surface area contributed by atoms with Gasteiger partial charge in [-0.1, -0.05) is 30.3 Å². The monoisotopic (exact) mass is 287 g/mol. The maximum atomic E-state index is 10.5. The number of hydrogen-bond acceptors (Lipinski definition) is 4. The van der Waals surface area contributed by atoms with Crippen LogP contribution in [-0.2, 0) is 22.7 Å². The number of rotatable bonds is 8. The van der Waals surface area contributed by atoms with Gasteiger partial charge in [-0.2, -0.15) is 0 Å². The van der Waals surface area contributed by atoms with E-state index in [9.17, 15) is 10.1 Å². The molecule has 0 atom stereocenters. The summed E-state index contributed by atoms with van der Waals surface area (Å²) >= 11 is 0. The third-order valence-electron chi connectivity index (χ3n) is 2.90. The zero-order valence-electron chi connectivity index (χ0n) is 11.6. The van der Waals surface area contributed by atoms with Gasteiger partial charge < -0.3 is 9.47 Å². The number of nitro benzene ring substituents is 1. The van der Waals surface area contributed by atoms with Gasteiger partial charge in [0.05, 0.1) is 31.4 Å². The molecule has 0 spiro atoms. The van der Waals surface area contributed by atoms with Crippen molar-refractivity contribution in [1.29, 1.82) is 0 Å². The topological polar surface area (TPSA) is 61.6 Å². The van der Waals surface area contributed by atoms with Crippen LogP contribution in [0.3, 0.4) is 0 Å². The second kappa shape index (κ2) is 8.14. The summed E-state index contributed by atoms with van der Waals surface area (Å²) in [6.45, 7) is 2.00. The van der Waals surface area contributed by atoms with E-state index >= 15 is 0 Å². The highest BCUT2D eigenvalue weighted by molar-refractivity contribution is 5.32. The average molecular weight is 287 g/mol. The Balaban J connectivity index is 1.60. The number of nitro groups is 1. The van der Waals surface area contributed by atoms with Crippen molar-refractivity contribution in [3.8, 4) is 0 Å². The largest absolute Gasteiger partial charge is 0.374 e. The summed E-state index contributed by atoms with van der Waals surface area (Å²) in [4.78, 5) is 10.1. The van der Waals surface area contributed by atoms with Gasteiger partial charge in [-0.3, -0.25) is 10.1 Å². The molecule has 0 heterocycles. The molecular formula is C16H17NO4. The van der Waals surface area contributed by atoms with Crippen molar-refractivity contribution >= 4 is 5.69 Å². The predicted octanol–water partition coefficient (Wildman–Crippen LogP) is 3.33. The molecule has 2 aromatic rings. The Morgan fingerprint density at radius 3 is 1.86 bits per heavy atom. The highest BCUT2D eigenvalue weighted by Gasteiger charge is 2.03. The molecule has 0 amide bonds. The molecule has 110 valence electrons. The van der Waals surface area contributed by atoms with E-state index in [1.54, 1.807) is 12.1 Å². The fraction of sp³-hybridized carbons (Fsp3) is 0.250. The first-order chi connectivity index (χ1) is 10.3. The highest BCUT2D eigenvalue weighted by Crippen LogP contribution is 2.12. The number of non-ortho nitro benzene ring substituents is 1.